The van der Waals surface area contributed by atoms with E-state index in [-0.39, 0.29) is 0 Å². The van der Waals surface area contributed by atoms with Crippen LogP contribution in [0.5, 0.6) is 0 Å². The maximum absolute atomic E-state index is 10.6. The molecule has 4 saturated carbocycles. The second kappa shape index (κ2) is 2.78. The molecule has 0 heterocycles. The summed E-state index contributed by atoms with van der Waals surface area (Å²) in [5, 5.41) is 21.1. The van der Waals surface area contributed by atoms with E-state index in [0.717, 1.165) is 32.1 Å². The summed E-state index contributed by atoms with van der Waals surface area (Å²) in [5.74, 6) is 1.74. The van der Waals surface area contributed by atoms with Crippen LogP contribution >= 0.6 is 0 Å². The Labute approximate surface area is 91.7 Å². The fourth-order valence-corrected chi connectivity index (χ4v) is 4.54. The summed E-state index contributed by atoms with van der Waals surface area (Å²) >= 11 is 0. The molecule has 0 radical (unpaired) electrons. The van der Waals surface area contributed by atoms with Crippen LogP contribution < -0.4 is 0 Å². The van der Waals surface area contributed by atoms with Crippen molar-refractivity contribution in [1.29, 1.82) is 0 Å². The quantitative estimate of drug-likeness (QED) is 0.641. The minimum atomic E-state index is -0.457. The van der Waals surface area contributed by atoms with Crippen molar-refractivity contribution in [3.05, 3.63) is 0 Å². The van der Waals surface area contributed by atoms with Crippen LogP contribution in [0.4, 0.5) is 0 Å². The van der Waals surface area contributed by atoms with E-state index in [9.17, 15) is 10.2 Å². The van der Waals surface area contributed by atoms with Crippen LogP contribution in [0, 0.1) is 23.7 Å². The first-order valence-electron chi connectivity index (χ1n) is 6.37. The zero-order valence-electron chi connectivity index (χ0n) is 9.74. The molecule has 0 aliphatic heterocycles. The van der Waals surface area contributed by atoms with Gasteiger partial charge in [0, 0.05) is 0 Å². The van der Waals surface area contributed by atoms with Gasteiger partial charge >= 0.3 is 0 Å². The molecule has 0 aromatic carbocycles. The fourth-order valence-electron chi connectivity index (χ4n) is 4.54. The lowest BCUT2D eigenvalue weighted by molar-refractivity contribution is -0.168. The average molecular weight is 210 g/mol. The Balaban J connectivity index is 2.01. The van der Waals surface area contributed by atoms with Gasteiger partial charge in [-0.05, 0) is 69.6 Å². The third-order valence-electron chi connectivity index (χ3n) is 5.88. The number of hydrogen-bond donors (Lipinski definition) is 2. The van der Waals surface area contributed by atoms with E-state index < -0.39 is 11.2 Å². The normalized spacial score (nSPS) is 63.2. The lowest BCUT2D eigenvalue weighted by atomic mass is 9.56. The zero-order chi connectivity index (χ0) is 10.8. The summed E-state index contributed by atoms with van der Waals surface area (Å²) < 4.78 is 0. The molecule has 4 bridgehead atoms. The van der Waals surface area contributed by atoms with Gasteiger partial charge in [-0.25, -0.2) is 0 Å². The summed E-state index contributed by atoms with van der Waals surface area (Å²) in [5.41, 5.74) is -0.913. The first kappa shape index (κ1) is 10.1. The first-order chi connectivity index (χ1) is 6.92. The first-order valence-corrected chi connectivity index (χ1v) is 6.37. The number of rotatable bonds is 0. The van der Waals surface area contributed by atoms with Crippen LogP contribution in [0.3, 0.4) is 0 Å². The standard InChI is InChI=1S/C13H22O2/c1-12(14)8-3-4-9-6-10(12)7-11(5-8)13(9,2)15/h8-11,14-15H,3-7H2,1-2H3/t8?,9?,10?,11?,12-,13-/m0/s1. The van der Waals surface area contributed by atoms with Gasteiger partial charge in [-0.1, -0.05) is 0 Å². The van der Waals surface area contributed by atoms with Crippen molar-refractivity contribution in [3.63, 3.8) is 0 Å². The lowest BCUT2D eigenvalue weighted by Crippen LogP contribution is -2.56. The molecule has 2 nitrogen and oxygen atoms in total. The van der Waals surface area contributed by atoms with Crippen LogP contribution in [-0.2, 0) is 0 Å². The molecule has 4 rings (SSSR count). The highest BCUT2D eigenvalue weighted by molar-refractivity contribution is 5.09. The Morgan fingerprint density at radius 1 is 0.733 bits per heavy atom. The Morgan fingerprint density at radius 2 is 1.07 bits per heavy atom. The van der Waals surface area contributed by atoms with Crippen molar-refractivity contribution in [1.82, 2.24) is 0 Å². The van der Waals surface area contributed by atoms with E-state index in [1.165, 1.54) is 0 Å². The molecule has 0 aromatic heterocycles. The third-order valence-corrected chi connectivity index (χ3v) is 5.88. The smallest absolute Gasteiger partial charge is 0.0676 e. The molecule has 0 aromatic rings. The second-order valence-corrected chi connectivity index (χ2v) is 6.52. The number of aliphatic hydroxyl groups is 2. The molecule has 0 spiro atoms. The Kier molecular flexibility index (Phi) is 1.87. The van der Waals surface area contributed by atoms with E-state index in [4.69, 9.17) is 0 Å². The molecule has 15 heavy (non-hydrogen) atoms. The van der Waals surface area contributed by atoms with Gasteiger partial charge in [-0.3, -0.25) is 0 Å². The Hall–Kier alpha value is -0.0800. The van der Waals surface area contributed by atoms with E-state index in [2.05, 4.69) is 0 Å². The van der Waals surface area contributed by atoms with Gasteiger partial charge in [0.15, 0.2) is 0 Å². The highest BCUT2D eigenvalue weighted by Crippen LogP contribution is 2.59. The number of hydrogen-bond acceptors (Lipinski definition) is 2. The topological polar surface area (TPSA) is 40.5 Å². The lowest BCUT2D eigenvalue weighted by Gasteiger charge is -2.54. The Morgan fingerprint density at radius 3 is 1.47 bits per heavy atom. The maximum atomic E-state index is 10.6. The monoisotopic (exact) mass is 210 g/mol. The molecular formula is C13H22O2. The maximum Gasteiger partial charge on any atom is 0.0676 e. The van der Waals surface area contributed by atoms with Crippen molar-refractivity contribution >= 4 is 0 Å². The summed E-state index contributed by atoms with van der Waals surface area (Å²) in [4.78, 5) is 0. The van der Waals surface area contributed by atoms with Crippen molar-refractivity contribution in [3.8, 4) is 0 Å². The summed E-state index contributed by atoms with van der Waals surface area (Å²) in [6, 6.07) is 0. The van der Waals surface area contributed by atoms with Gasteiger partial charge in [0.25, 0.3) is 0 Å². The summed E-state index contributed by atoms with van der Waals surface area (Å²) in [6.07, 6.45) is 5.33. The minimum Gasteiger partial charge on any atom is -0.390 e. The number of fused-ring (bicyclic) bond motifs is 1. The van der Waals surface area contributed by atoms with Crippen LogP contribution in [0.1, 0.15) is 46.0 Å². The van der Waals surface area contributed by atoms with Gasteiger partial charge in [0.05, 0.1) is 11.2 Å². The van der Waals surface area contributed by atoms with Crippen molar-refractivity contribution in [2.75, 3.05) is 0 Å². The van der Waals surface area contributed by atoms with Crippen LogP contribution in [0.15, 0.2) is 0 Å². The van der Waals surface area contributed by atoms with E-state index >= 15 is 0 Å². The predicted molar refractivity (Wildman–Crippen MR) is 58.3 cm³/mol. The average Bonchev–Trinajstić information content (AvgIpc) is 2.30. The van der Waals surface area contributed by atoms with Crippen LogP contribution in [-0.4, -0.2) is 21.4 Å². The highest BCUT2D eigenvalue weighted by atomic mass is 16.3. The van der Waals surface area contributed by atoms with Crippen molar-refractivity contribution in [2.24, 2.45) is 23.7 Å². The molecule has 2 heteroatoms. The molecule has 0 amide bonds. The van der Waals surface area contributed by atoms with E-state index in [0.29, 0.717) is 23.7 Å². The van der Waals surface area contributed by atoms with Crippen molar-refractivity contribution < 1.29 is 10.2 Å². The molecule has 86 valence electrons. The van der Waals surface area contributed by atoms with Crippen LogP contribution in [0.2, 0.25) is 0 Å². The van der Waals surface area contributed by atoms with Crippen molar-refractivity contribution in [2.45, 2.75) is 57.2 Å². The molecule has 0 saturated heterocycles. The molecule has 2 N–H and O–H groups in total. The van der Waals surface area contributed by atoms with Gasteiger partial charge in [0.1, 0.15) is 0 Å². The molecular weight excluding hydrogens is 188 g/mol. The van der Waals surface area contributed by atoms with E-state index in [1.54, 1.807) is 0 Å². The van der Waals surface area contributed by atoms with Gasteiger partial charge < -0.3 is 10.2 Å². The molecule has 4 aliphatic rings. The largest absolute Gasteiger partial charge is 0.390 e. The molecule has 4 fully saturated rings. The predicted octanol–water partition coefficient (Wildman–Crippen LogP) is 1.94. The summed E-state index contributed by atoms with van der Waals surface area (Å²) in [7, 11) is 0. The minimum absolute atomic E-state index is 0.431. The highest BCUT2D eigenvalue weighted by Gasteiger charge is 2.58. The van der Waals surface area contributed by atoms with Crippen LogP contribution in [0.25, 0.3) is 0 Å². The van der Waals surface area contributed by atoms with Gasteiger partial charge in [-0.2, -0.15) is 0 Å². The third kappa shape index (κ3) is 1.18. The molecule has 4 unspecified atom stereocenters. The Bertz CT molecular complexity index is 242. The SMILES string of the molecule is C[C@]1(O)C2CCC3CC1CC(C2)[C@@]3(C)O. The van der Waals surface area contributed by atoms with Gasteiger partial charge in [0.2, 0.25) is 0 Å². The van der Waals surface area contributed by atoms with Gasteiger partial charge in [-0.15, -0.1) is 0 Å². The van der Waals surface area contributed by atoms with E-state index in [1.807, 2.05) is 13.8 Å². The summed E-state index contributed by atoms with van der Waals surface area (Å²) in [6.45, 7) is 4.06. The molecule has 6 atom stereocenters. The fraction of sp³-hybridized carbons (Fsp3) is 1.00. The second-order valence-electron chi connectivity index (χ2n) is 6.52. The molecule has 4 aliphatic carbocycles. The zero-order valence-corrected chi connectivity index (χ0v) is 9.74.